The fraction of sp³-hybridized carbons (Fsp3) is 0.417. The summed E-state index contributed by atoms with van der Waals surface area (Å²) in [6, 6.07) is 8.22. The van der Waals surface area contributed by atoms with Crippen LogP contribution in [0.1, 0.15) is 25.3 Å². The lowest BCUT2D eigenvalue weighted by molar-refractivity contribution is -0.109. The Kier molecular flexibility index (Phi) is 2.48. The summed E-state index contributed by atoms with van der Waals surface area (Å²) in [5.74, 6) is 0.228. The molecule has 0 spiro atoms. The molecule has 1 aromatic rings. The van der Waals surface area contributed by atoms with E-state index in [1.54, 1.807) is 0 Å². The van der Waals surface area contributed by atoms with Crippen molar-refractivity contribution in [1.82, 2.24) is 0 Å². The van der Waals surface area contributed by atoms with Gasteiger partial charge in [-0.25, -0.2) is 0 Å². The van der Waals surface area contributed by atoms with Crippen LogP contribution >= 0.6 is 15.9 Å². The van der Waals surface area contributed by atoms with E-state index in [0.717, 1.165) is 23.6 Å². The molecular weight excluding hydrogens is 240 g/mol. The average Bonchev–Trinajstić information content (AvgIpc) is 2.93. The second-order valence-corrected chi connectivity index (χ2v) is 4.79. The third kappa shape index (κ3) is 1.33. The van der Waals surface area contributed by atoms with Gasteiger partial charge >= 0.3 is 0 Å². The topological polar surface area (TPSA) is 17.1 Å². The van der Waals surface area contributed by atoms with Gasteiger partial charge in [0.05, 0.1) is 0 Å². The van der Waals surface area contributed by atoms with Crippen LogP contribution in [0.4, 0.5) is 0 Å². The predicted molar refractivity (Wildman–Crippen MR) is 60.3 cm³/mol. The summed E-state index contributed by atoms with van der Waals surface area (Å²) in [6.07, 6.45) is 3.15. The lowest BCUT2D eigenvalue weighted by Gasteiger charge is -2.15. The maximum Gasteiger partial charge on any atom is 0.123 e. The number of hydrogen-bond donors (Lipinski definition) is 0. The summed E-state index contributed by atoms with van der Waals surface area (Å²) >= 11 is 3.55. The minimum atomic E-state index is 0.127. The molecule has 14 heavy (non-hydrogen) atoms. The molecule has 2 unspecified atom stereocenters. The quantitative estimate of drug-likeness (QED) is 0.755. The molecule has 0 amide bonds. The van der Waals surface area contributed by atoms with Crippen molar-refractivity contribution in [1.29, 1.82) is 0 Å². The average molecular weight is 253 g/mol. The van der Waals surface area contributed by atoms with Gasteiger partial charge in [-0.2, -0.15) is 0 Å². The molecule has 1 fully saturated rings. The van der Waals surface area contributed by atoms with Gasteiger partial charge in [-0.05, 0) is 24.5 Å². The Balaban J connectivity index is 2.40. The molecule has 0 radical (unpaired) electrons. The molecule has 0 aliphatic heterocycles. The Morgan fingerprint density at radius 2 is 2.29 bits per heavy atom. The van der Waals surface area contributed by atoms with E-state index in [1.165, 1.54) is 5.56 Å². The van der Waals surface area contributed by atoms with Crippen molar-refractivity contribution in [2.24, 2.45) is 5.92 Å². The monoisotopic (exact) mass is 252 g/mol. The minimum Gasteiger partial charge on any atom is -0.303 e. The smallest absolute Gasteiger partial charge is 0.123 e. The molecule has 1 aliphatic carbocycles. The number of halogens is 1. The highest BCUT2D eigenvalue weighted by Crippen LogP contribution is 2.57. The summed E-state index contributed by atoms with van der Waals surface area (Å²) in [6.45, 7) is 2.16. The van der Waals surface area contributed by atoms with Crippen LogP contribution in [0.15, 0.2) is 28.7 Å². The predicted octanol–water partition coefficient (Wildman–Crippen LogP) is 3.32. The van der Waals surface area contributed by atoms with E-state index in [-0.39, 0.29) is 11.3 Å². The van der Waals surface area contributed by atoms with E-state index in [1.807, 2.05) is 18.2 Å². The summed E-state index contributed by atoms with van der Waals surface area (Å²) < 4.78 is 1.13. The molecule has 2 atom stereocenters. The first-order chi connectivity index (χ1) is 6.74. The van der Waals surface area contributed by atoms with Gasteiger partial charge in [-0.15, -0.1) is 0 Å². The molecule has 0 heterocycles. The van der Waals surface area contributed by atoms with E-state index in [0.29, 0.717) is 0 Å². The second kappa shape index (κ2) is 3.50. The van der Waals surface area contributed by atoms with Crippen molar-refractivity contribution in [3.8, 4) is 0 Å². The summed E-state index contributed by atoms with van der Waals surface area (Å²) in [7, 11) is 0. The van der Waals surface area contributed by atoms with Crippen LogP contribution in [-0.2, 0) is 10.2 Å². The van der Waals surface area contributed by atoms with Gasteiger partial charge in [0, 0.05) is 15.8 Å². The number of carbonyl (C=O) groups is 1. The Bertz CT molecular complexity index is 361. The maximum atomic E-state index is 10.8. The molecule has 0 bridgehead atoms. The summed E-state index contributed by atoms with van der Waals surface area (Å²) in [5.41, 5.74) is 1.42. The van der Waals surface area contributed by atoms with Crippen molar-refractivity contribution in [3.05, 3.63) is 34.3 Å². The largest absolute Gasteiger partial charge is 0.303 e. The lowest BCUT2D eigenvalue weighted by Crippen LogP contribution is -2.10. The number of carbonyl (C=O) groups excluding carboxylic acids is 1. The highest BCUT2D eigenvalue weighted by atomic mass is 79.9. The minimum absolute atomic E-state index is 0.127. The van der Waals surface area contributed by atoms with Gasteiger partial charge in [-0.1, -0.05) is 41.1 Å². The summed E-state index contributed by atoms with van der Waals surface area (Å²) in [5, 5.41) is 0. The van der Waals surface area contributed by atoms with Gasteiger partial charge in [-0.3, -0.25) is 0 Å². The third-order valence-electron chi connectivity index (χ3n) is 3.34. The van der Waals surface area contributed by atoms with E-state index in [9.17, 15) is 4.79 Å². The van der Waals surface area contributed by atoms with E-state index < -0.39 is 0 Å². The SMILES string of the molecule is CCC1(c2ccccc2Br)CC1C=O. The first-order valence-corrected chi connectivity index (χ1v) is 5.74. The Hall–Kier alpha value is -0.630. The van der Waals surface area contributed by atoms with Crippen LogP contribution < -0.4 is 0 Å². The maximum absolute atomic E-state index is 10.8. The van der Waals surface area contributed by atoms with Crippen LogP contribution in [0, 0.1) is 5.92 Å². The zero-order valence-electron chi connectivity index (χ0n) is 8.16. The number of hydrogen-bond acceptors (Lipinski definition) is 1. The van der Waals surface area contributed by atoms with E-state index >= 15 is 0 Å². The van der Waals surface area contributed by atoms with Gasteiger partial charge in [0.15, 0.2) is 0 Å². The van der Waals surface area contributed by atoms with Gasteiger partial charge in [0.1, 0.15) is 6.29 Å². The van der Waals surface area contributed by atoms with Gasteiger partial charge in [0.2, 0.25) is 0 Å². The normalized spacial score (nSPS) is 30.0. The van der Waals surface area contributed by atoms with Crippen LogP contribution in [0.2, 0.25) is 0 Å². The van der Waals surface area contributed by atoms with Crippen molar-refractivity contribution in [3.63, 3.8) is 0 Å². The zero-order valence-corrected chi connectivity index (χ0v) is 9.75. The molecule has 74 valence electrons. The molecule has 1 aromatic carbocycles. The van der Waals surface area contributed by atoms with Crippen LogP contribution in [0.25, 0.3) is 0 Å². The molecular formula is C12H13BrO. The van der Waals surface area contributed by atoms with Gasteiger partial charge < -0.3 is 4.79 Å². The number of benzene rings is 1. The molecule has 2 rings (SSSR count). The Labute approximate surface area is 92.6 Å². The third-order valence-corrected chi connectivity index (χ3v) is 4.03. The van der Waals surface area contributed by atoms with Crippen molar-refractivity contribution >= 4 is 22.2 Å². The standard InChI is InChI=1S/C12H13BrO/c1-2-12(7-9(12)8-14)10-5-3-4-6-11(10)13/h3-6,8-9H,2,7H2,1H3. The first kappa shape index (κ1) is 9.91. The lowest BCUT2D eigenvalue weighted by atomic mass is 9.91. The highest BCUT2D eigenvalue weighted by molar-refractivity contribution is 9.10. The molecule has 1 nitrogen and oxygen atoms in total. The molecule has 2 heteroatoms. The van der Waals surface area contributed by atoms with Crippen molar-refractivity contribution in [2.45, 2.75) is 25.2 Å². The molecule has 1 saturated carbocycles. The van der Waals surface area contributed by atoms with Crippen LogP contribution in [0.5, 0.6) is 0 Å². The first-order valence-electron chi connectivity index (χ1n) is 4.95. The fourth-order valence-corrected chi connectivity index (χ4v) is 2.96. The molecule has 0 saturated heterocycles. The molecule has 1 aliphatic rings. The number of aldehydes is 1. The van der Waals surface area contributed by atoms with Gasteiger partial charge in [0.25, 0.3) is 0 Å². The Morgan fingerprint density at radius 1 is 1.57 bits per heavy atom. The highest BCUT2D eigenvalue weighted by Gasteiger charge is 2.54. The van der Waals surface area contributed by atoms with Crippen molar-refractivity contribution < 1.29 is 4.79 Å². The summed E-state index contributed by atoms with van der Waals surface area (Å²) in [4.78, 5) is 10.8. The van der Waals surface area contributed by atoms with E-state index in [4.69, 9.17) is 0 Å². The zero-order chi connectivity index (χ0) is 10.2. The van der Waals surface area contributed by atoms with Crippen LogP contribution in [-0.4, -0.2) is 6.29 Å². The second-order valence-electron chi connectivity index (χ2n) is 3.94. The number of rotatable bonds is 3. The molecule has 0 N–H and O–H groups in total. The van der Waals surface area contributed by atoms with Crippen molar-refractivity contribution in [2.75, 3.05) is 0 Å². The fourth-order valence-electron chi connectivity index (χ4n) is 2.28. The Morgan fingerprint density at radius 3 is 2.79 bits per heavy atom. The van der Waals surface area contributed by atoms with E-state index in [2.05, 4.69) is 28.9 Å². The molecule has 0 aromatic heterocycles. The van der Waals surface area contributed by atoms with Crippen LogP contribution in [0.3, 0.4) is 0 Å².